The molecule has 7 nitrogen and oxygen atoms in total. The van der Waals surface area contributed by atoms with Crippen molar-refractivity contribution in [1.29, 1.82) is 5.26 Å². The van der Waals surface area contributed by atoms with Crippen molar-refractivity contribution in [2.75, 3.05) is 31.1 Å². The van der Waals surface area contributed by atoms with E-state index in [9.17, 15) is 10.1 Å². The van der Waals surface area contributed by atoms with Crippen molar-refractivity contribution in [3.63, 3.8) is 0 Å². The van der Waals surface area contributed by atoms with E-state index < -0.39 is 0 Å². The number of fused-ring (bicyclic) bond motifs is 1. The number of anilines is 1. The minimum Gasteiger partial charge on any atom is -0.364 e. The largest absolute Gasteiger partial charge is 0.364 e. The van der Waals surface area contributed by atoms with Crippen LogP contribution in [0, 0.1) is 24.8 Å². The molecule has 2 aromatic carbocycles. The van der Waals surface area contributed by atoms with E-state index in [1.165, 1.54) is 21.3 Å². The van der Waals surface area contributed by atoms with Gasteiger partial charge in [0, 0.05) is 33.2 Å². The highest BCUT2D eigenvalue weighted by atomic mass is 16.1. The summed E-state index contributed by atoms with van der Waals surface area (Å²) in [6, 6.07) is 24.7. The fourth-order valence-corrected chi connectivity index (χ4v) is 5.06. The molecule has 5 rings (SSSR count). The van der Waals surface area contributed by atoms with Gasteiger partial charge in [0.05, 0.1) is 11.6 Å². The molecule has 0 amide bonds. The van der Waals surface area contributed by atoms with E-state index in [0.717, 1.165) is 13.1 Å². The smallest absolute Gasteiger partial charge is 0.271 e. The van der Waals surface area contributed by atoms with E-state index >= 15 is 0 Å². The number of benzene rings is 2. The molecule has 0 saturated carbocycles. The first-order valence-corrected chi connectivity index (χ1v) is 11.9. The predicted molar refractivity (Wildman–Crippen MR) is 141 cm³/mol. The summed E-state index contributed by atoms with van der Waals surface area (Å²) in [6.07, 6.45) is 0. The molecule has 0 spiro atoms. The number of nitriles is 1. The summed E-state index contributed by atoms with van der Waals surface area (Å²) in [5.74, 6) is 0.244. The molecule has 2 aromatic heterocycles. The van der Waals surface area contributed by atoms with Crippen molar-refractivity contribution >= 4 is 22.5 Å². The topological polar surface area (TPSA) is 69.5 Å². The van der Waals surface area contributed by atoms with Gasteiger partial charge in [0.2, 0.25) is 5.52 Å². The van der Waals surface area contributed by atoms with Gasteiger partial charge >= 0.3 is 0 Å². The lowest BCUT2D eigenvalue weighted by atomic mass is 9.95. The molecule has 0 bridgehead atoms. The Balaban J connectivity index is 1.52. The number of aromatic nitrogens is 2. The van der Waals surface area contributed by atoms with Gasteiger partial charge in [-0.2, -0.15) is 5.26 Å². The van der Waals surface area contributed by atoms with E-state index in [4.69, 9.17) is 6.57 Å². The molecule has 1 atom stereocenters. The second kappa shape index (κ2) is 9.65. The van der Waals surface area contributed by atoms with Gasteiger partial charge in [-0.25, -0.2) is 0 Å². The number of nitrogens with zero attached hydrogens (tertiary/aromatic N) is 6. The van der Waals surface area contributed by atoms with Crippen molar-refractivity contribution in [2.24, 2.45) is 7.05 Å². The Morgan fingerprint density at radius 3 is 2.28 bits per heavy atom. The van der Waals surface area contributed by atoms with Crippen molar-refractivity contribution in [3.8, 4) is 6.07 Å². The van der Waals surface area contributed by atoms with Crippen LogP contribution in [-0.2, 0) is 7.05 Å². The maximum absolute atomic E-state index is 13.0. The summed E-state index contributed by atoms with van der Waals surface area (Å²) in [5.41, 5.74) is 5.10. The highest BCUT2D eigenvalue weighted by Gasteiger charge is 2.30. The molecular weight excluding hydrogens is 448 g/mol. The van der Waals surface area contributed by atoms with Gasteiger partial charge < -0.3 is 14.3 Å². The molecule has 1 fully saturated rings. The molecule has 7 heteroatoms. The highest BCUT2D eigenvalue weighted by Crippen LogP contribution is 2.33. The number of hydrogen-bond donors (Lipinski definition) is 0. The van der Waals surface area contributed by atoms with Gasteiger partial charge in [0.15, 0.2) is 0 Å². The first kappa shape index (κ1) is 23.3. The maximum atomic E-state index is 13.0. The second-order valence-electron chi connectivity index (χ2n) is 9.10. The predicted octanol–water partition coefficient (Wildman–Crippen LogP) is 4.58. The molecule has 178 valence electrons. The van der Waals surface area contributed by atoms with Gasteiger partial charge in [-0.3, -0.25) is 9.69 Å². The van der Waals surface area contributed by atoms with Crippen LogP contribution in [0.4, 0.5) is 11.5 Å². The molecule has 1 saturated heterocycles. The van der Waals surface area contributed by atoms with Gasteiger partial charge in [-0.15, -0.1) is 4.98 Å². The summed E-state index contributed by atoms with van der Waals surface area (Å²) < 4.78 is 1.44. The van der Waals surface area contributed by atoms with Crippen LogP contribution < -0.4 is 10.5 Å². The Labute approximate surface area is 210 Å². The first-order chi connectivity index (χ1) is 17.5. The molecule has 0 aliphatic carbocycles. The van der Waals surface area contributed by atoms with Crippen LogP contribution in [0.2, 0.25) is 0 Å². The number of aryl methyl sites for hydroxylation is 2. The molecule has 0 radical (unpaired) electrons. The van der Waals surface area contributed by atoms with E-state index in [1.807, 2.05) is 6.07 Å². The van der Waals surface area contributed by atoms with Gasteiger partial charge in [0.1, 0.15) is 17.3 Å². The molecule has 1 unspecified atom stereocenters. The normalized spacial score (nSPS) is 14.8. The van der Waals surface area contributed by atoms with Crippen LogP contribution in [0.15, 0.2) is 71.5 Å². The minimum atomic E-state index is -0.346. The third-order valence-corrected chi connectivity index (χ3v) is 6.93. The van der Waals surface area contributed by atoms with Crippen LogP contribution in [0.1, 0.15) is 28.3 Å². The summed E-state index contributed by atoms with van der Waals surface area (Å²) in [6.45, 7) is 12.2. The van der Waals surface area contributed by atoms with Crippen molar-refractivity contribution in [3.05, 3.63) is 111 Å². The Morgan fingerprint density at radius 1 is 0.972 bits per heavy atom. The monoisotopic (exact) mass is 474 g/mol. The Bertz CT molecular complexity index is 1550. The summed E-state index contributed by atoms with van der Waals surface area (Å²) in [7, 11) is 1.64. The van der Waals surface area contributed by atoms with Crippen LogP contribution in [0.25, 0.3) is 15.9 Å². The second-order valence-corrected chi connectivity index (χ2v) is 9.10. The standard InChI is InChI=1S/C29H26N6O/c1-20-9-11-22(12-10-20)27(21-7-5-4-6-8-21)34-15-17-35(18-16-34)28-23(19-30)29(36)33(3)24-13-14-25(31-2)32-26(24)28/h4-14,27H,15-18H2,1,3H3. The lowest BCUT2D eigenvalue weighted by molar-refractivity contribution is 0.212. The molecule has 1 aliphatic rings. The highest BCUT2D eigenvalue weighted by molar-refractivity contribution is 5.92. The Hall–Kier alpha value is -4.46. The van der Waals surface area contributed by atoms with Gasteiger partial charge in [-0.05, 0) is 30.2 Å². The molecule has 3 heterocycles. The van der Waals surface area contributed by atoms with E-state index in [2.05, 4.69) is 81.2 Å². The number of hydrogen-bond acceptors (Lipinski definition) is 5. The Morgan fingerprint density at radius 2 is 1.64 bits per heavy atom. The zero-order valence-corrected chi connectivity index (χ0v) is 20.3. The third-order valence-electron chi connectivity index (χ3n) is 6.93. The quantitative estimate of drug-likeness (QED) is 0.405. The van der Waals surface area contributed by atoms with Gasteiger partial charge in [-0.1, -0.05) is 66.7 Å². The number of piperazine rings is 1. The molecule has 4 aromatic rings. The number of pyridine rings is 2. The van der Waals surface area contributed by atoms with Gasteiger partial charge in [0.25, 0.3) is 11.4 Å². The molecule has 1 aliphatic heterocycles. The minimum absolute atomic E-state index is 0.0752. The summed E-state index contributed by atoms with van der Waals surface area (Å²) >= 11 is 0. The average Bonchev–Trinajstić information content (AvgIpc) is 2.92. The lowest BCUT2D eigenvalue weighted by Crippen LogP contribution is -2.48. The van der Waals surface area contributed by atoms with Crippen LogP contribution >= 0.6 is 0 Å². The van der Waals surface area contributed by atoms with Crippen LogP contribution in [-0.4, -0.2) is 40.6 Å². The molecule has 36 heavy (non-hydrogen) atoms. The Kier molecular flexibility index (Phi) is 6.25. The number of rotatable bonds is 4. The summed E-state index contributed by atoms with van der Waals surface area (Å²) in [4.78, 5) is 25.5. The zero-order valence-electron chi connectivity index (χ0n) is 20.3. The molecular formula is C29H26N6O. The zero-order chi connectivity index (χ0) is 25.2. The first-order valence-electron chi connectivity index (χ1n) is 11.9. The summed E-state index contributed by atoms with van der Waals surface area (Å²) in [5, 5.41) is 9.91. The maximum Gasteiger partial charge on any atom is 0.271 e. The fraction of sp³-hybridized carbons (Fsp3) is 0.241. The fourth-order valence-electron chi connectivity index (χ4n) is 5.06. The average molecular weight is 475 g/mol. The van der Waals surface area contributed by atoms with Crippen LogP contribution in [0.3, 0.4) is 0 Å². The van der Waals surface area contributed by atoms with E-state index in [1.54, 1.807) is 19.2 Å². The van der Waals surface area contributed by atoms with Crippen molar-refractivity contribution in [2.45, 2.75) is 13.0 Å². The third kappa shape index (κ3) is 4.11. The SMILES string of the molecule is [C-]#[N+]c1ccc2c(n1)c(N1CCN(C(c3ccccc3)c3ccc(C)cc3)CC1)c(C#N)c(=O)n2C. The van der Waals surface area contributed by atoms with E-state index in [-0.39, 0.29) is 23.0 Å². The molecule has 0 N–H and O–H groups in total. The van der Waals surface area contributed by atoms with Crippen molar-refractivity contribution < 1.29 is 0 Å². The van der Waals surface area contributed by atoms with Crippen molar-refractivity contribution in [1.82, 2.24) is 14.5 Å². The van der Waals surface area contributed by atoms with Crippen LogP contribution in [0.5, 0.6) is 0 Å². The lowest BCUT2D eigenvalue weighted by Gasteiger charge is -2.40. The van der Waals surface area contributed by atoms with E-state index in [0.29, 0.717) is 29.8 Å².